The Kier molecular flexibility index (Phi) is 7.12. The molecule has 0 spiro atoms. The summed E-state index contributed by atoms with van der Waals surface area (Å²) in [5, 5.41) is 17.7. The zero-order chi connectivity index (χ0) is 12.6. The van der Waals surface area contributed by atoms with Crippen LogP contribution in [0.15, 0.2) is 4.99 Å². The minimum absolute atomic E-state index is 0.218. The van der Waals surface area contributed by atoms with Gasteiger partial charge in [-0.2, -0.15) is 5.34 Å². The minimum atomic E-state index is -0.691. The predicted molar refractivity (Wildman–Crippen MR) is 55.8 cm³/mol. The summed E-state index contributed by atoms with van der Waals surface area (Å²) in [6.07, 6.45) is 0.895. The van der Waals surface area contributed by atoms with E-state index in [0.717, 1.165) is 0 Å². The molecule has 9 nitrogen and oxygen atoms in total. The molecule has 0 saturated heterocycles. The Morgan fingerprint density at radius 3 is 2.88 bits per heavy atom. The first-order chi connectivity index (χ1) is 7.47. The molecule has 0 aliphatic heterocycles. The SMILES string of the molecule is COC(=O)[C@@H](N)CCCN=C(N)NN([O-])O. The summed E-state index contributed by atoms with van der Waals surface area (Å²) < 4.78 is 4.42. The number of carbonyl (C=O) groups excluding carboxylic acids is 1. The van der Waals surface area contributed by atoms with E-state index in [2.05, 4.69) is 9.73 Å². The molecule has 94 valence electrons. The van der Waals surface area contributed by atoms with Crippen molar-refractivity contribution in [3.05, 3.63) is 5.21 Å². The number of methoxy groups -OCH3 is 1. The average molecular weight is 234 g/mol. The first-order valence-corrected chi connectivity index (χ1v) is 4.53. The third-order valence-corrected chi connectivity index (χ3v) is 1.67. The van der Waals surface area contributed by atoms with Crippen molar-refractivity contribution in [2.75, 3.05) is 13.7 Å². The van der Waals surface area contributed by atoms with Crippen LogP contribution in [-0.4, -0.2) is 42.2 Å². The van der Waals surface area contributed by atoms with Gasteiger partial charge in [-0.1, -0.05) is 0 Å². The summed E-state index contributed by atoms with van der Waals surface area (Å²) in [7, 11) is 1.26. The molecule has 0 aromatic rings. The number of hydrogen-bond acceptors (Lipinski definition) is 7. The van der Waals surface area contributed by atoms with Crippen molar-refractivity contribution < 1.29 is 14.7 Å². The molecule has 0 aliphatic carbocycles. The Labute approximate surface area is 92.6 Å². The lowest BCUT2D eigenvalue weighted by atomic mass is 10.2. The average Bonchev–Trinajstić information content (AvgIpc) is 2.21. The van der Waals surface area contributed by atoms with Crippen LogP contribution >= 0.6 is 0 Å². The Hall–Kier alpha value is -1.42. The maximum atomic E-state index is 10.9. The maximum absolute atomic E-state index is 10.9. The van der Waals surface area contributed by atoms with E-state index >= 15 is 0 Å². The number of nitrogens with zero attached hydrogens (tertiary/aromatic N) is 2. The van der Waals surface area contributed by atoms with Crippen molar-refractivity contribution in [1.82, 2.24) is 10.8 Å². The van der Waals surface area contributed by atoms with Crippen molar-refractivity contribution in [3.63, 3.8) is 0 Å². The molecule has 9 heteroatoms. The van der Waals surface area contributed by atoms with Crippen molar-refractivity contribution in [2.24, 2.45) is 16.5 Å². The lowest BCUT2D eigenvalue weighted by Crippen LogP contribution is -2.40. The monoisotopic (exact) mass is 234 g/mol. The van der Waals surface area contributed by atoms with Gasteiger partial charge in [-0.15, -0.1) is 0 Å². The van der Waals surface area contributed by atoms with E-state index < -0.39 is 17.3 Å². The Balaban J connectivity index is 3.70. The molecular formula is C7H16N5O4-. The summed E-state index contributed by atoms with van der Waals surface area (Å²) in [5.41, 5.74) is 12.5. The standard InChI is InChI=1S/C7H16N5O4/c1-16-6(13)5(8)3-2-4-10-7(9)11-12(14)15/h5,14H,2-4,8H2,1H3,(H3,9,10,11)/q-1/t5-/m0/s1. The van der Waals surface area contributed by atoms with Crippen LogP contribution < -0.4 is 16.9 Å². The number of guanidine groups is 1. The molecule has 6 N–H and O–H groups in total. The molecule has 0 saturated carbocycles. The molecular weight excluding hydrogens is 218 g/mol. The van der Waals surface area contributed by atoms with Gasteiger partial charge in [0.1, 0.15) is 6.04 Å². The molecule has 0 fully saturated rings. The Bertz CT molecular complexity index is 245. The Morgan fingerprint density at radius 1 is 1.75 bits per heavy atom. The second-order valence-electron chi connectivity index (χ2n) is 2.92. The van der Waals surface area contributed by atoms with Gasteiger partial charge in [0.25, 0.3) is 0 Å². The minimum Gasteiger partial charge on any atom is -0.744 e. The maximum Gasteiger partial charge on any atom is 0.322 e. The van der Waals surface area contributed by atoms with Gasteiger partial charge < -0.3 is 26.6 Å². The van der Waals surface area contributed by atoms with E-state index in [1.807, 2.05) is 0 Å². The number of esters is 1. The van der Waals surface area contributed by atoms with Crippen LogP contribution in [0.25, 0.3) is 0 Å². The molecule has 16 heavy (non-hydrogen) atoms. The van der Waals surface area contributed by atoms with Crippen LogP contribution in [0.3, 0.4) is 0 Å². The van der Waals surface area contributed by atoms with E-state index in [4.69, 9.17) is 16.7 Å². The molecule has 0 aliphatic rings. The quantitative estimate of drug-likeness (QED) is 0.139. The van der Waals surface area contributed by atoms with Crippen molar-refractivity contribution >= 4 is 11.9 Å². The number of nitrogens with two attached hydrogens (primary N) is 2. The third kappa shape index (κ3) is 6.95. The van der Waals surface area contributed by atoms with Gasteiger partial charge in [-0.3, -0.25) is 15.2 Å². The summed E-state index contributed by atoms with van der Waals surface area (Å²) >= 11 is 0. The van der Waals surface area contributed by atoms with E-state index in [-0.39, 0.29) is 12.5 Å². The number of ether oxygens (including phenoxy) is 1. The first kappa shape index (κ1) is 14.6. The fourth-order valence-electron chi connectivity index (χ4n) is 0.913. The molecule has 0 aromatic heterocycles. The van der Waals surface area contributed by atoms with Gasteiger partial charge in [0.2, 0.25) is 5.96 Å². The number of hydrogen-bond donors (Lipinski definition) is 4. The van der Waals surface area contributed by atoms with Crippen LogP contribution in [0, 0.1) is 5.21 Å². The van der Waals surface area contributed by atoms with Crippen molar-refractivity contribution in [1.29, 1.82) is 0 Å². The largest absolute Gasteiger partial charge is 0.744 e. The zero-order valence-electron chi connectivity index (χ0n) is 8.92. The number of rotatable bonds is 6. The van der Waals surface area contributed by atoms with E-state index in [1.165, 1.54) is 7.11 Å². The molecule has 0 rings (SSSR count). The Morgan fingerprint density at radius 2 is 2.38 bits per heavy atom. The molecule has 1 atom stereocenters. The van der Waals surface area contributed by atoms with Gasteiger partial charge in [0, 0.05) is 6.54 Å². The van der Waals surface area contributed by atoms with Crippen LogP contribution in [0.2, 0.25) is 0 Å². The normalized spacial score (nSPS) is 13.7. The molecule has 0 heterocycles. The highest BCUT2D eigenvalue weighted by Gasteiger charge is 2.12. The molecule has 0 aromatic carbocycles. The first-order valence-electron chi connectivity index (χ1n) is 4.53. The van der Waals surface area contributed by atoms with E-state index in [0.29, 0.717) is 12.8 Å². The zero-order valence-corrected chi connectivity index (χ0v) is 8.92. The smallest absolute Gasteiger partial charge is 0.322 e. The summed E-state index contributed by atoms with van der Waals surface area (Å²) in [6.45, 7) is 0.275. The summed E-state index contributed by atoms with van der Waals surface area (Å²) in [6, 6.07) is -0.691. The van der Waals surface area contributed by atoms with Gasteiger partial charge in [-0.05, 0) is 12.8 Å². The fraction of sp³-hybridized carbons (Fsp3) is 0.714. The third-order valence-electron chi connectivity index (χ3n) is 1.67. The van der Waals surface area contributed by atoms with Crippen LogP contribution in [0.1, 0.15) is 12.8 Å². The number of nitrogens with one attached hydrogen (secondary N) is 1. The molecule has 0 amide bonds. The highest BCUT2D eigenvalue weighted by molar-refractivity contribution is 5.77. The predicted octanol–water partition coefficient (Wildman–Crippen LogP) is -1.72. The van der Waals surface area contributed by atoms with Gasteiger partial charge >= 0.3 is 5.97 Å². The highest BCUT2D eigenvalue weighted by atomic mass is 16.8. The molecule has 0 radical (unpaired) electrons. The van der Waals surface area contributed by atoms with E-state index in [1.54, 1.807) is 5.43 Å². The second kappa shape index (κ2) is 7.82. The van der Waals surface area contributed by atoms with Crippen LogP contribution in [-0.2, 0) is 9.53 Å². The number of aliphatic imine (C=N–C) groups is 1. The summed E-state index contributed by atoms with van der Waals surface area (Å²) in [5.74, 6) is -0.708. The van der Waals surface area contributed by atoms with Gasteiger partial charge in [0.15, 0.2) is 0 Å². The lowest BCUT2D eigenvalue weighted by Gasteiger charge is -2.20. The molecule has 0 unspecified atom stereocenters. The summed E-state index contributed by atoms with van der Waals surface area (Å²) in [4.78, 5) is 14.6. The van der Waals surface area contributed by atoms with E-state index in [9.17, 15) is 10.0 Å². The molecule has 0 bridgehead atoms. The fourth-order valence-corrected chi connectivity index (χ4v) is 0.913. The number of carbonyl (C=O) groups is 1. The van der Waals surface area contributed by atoms with Gasteiger partial charge in [0.05, 0.1) is 7.11 Å². The second-order valence-corrected chi connectivity index (χ2v) is 2.92. The van der Waals surface area contributed by atoms with Crippen molar-refractivity contribution in [2.45, 2.75) is 18.9 Å². The van der Waals surface area contributed by atoms with Crippen LogP contribution in [0.4, 0.5) is 0 Å². The number of hydrazine groups is 1. The topological polar surface area (TPSA) is 149 Å². The van der Waals surface area contributed by atoms with Crippen LogP contribution in [0.5, 0.6) is 0 Å². The van der Waals surface area contributed by atoms with Crippen molar-refractivity contribution in [3.8, 4) is 0 Å². The van der Waals surface area contributed by atoms with Gasteiger partial charge in [-0.25, -0.2) is 0 Å². The lowest BCUT2D eigenvalue weighted by molar-refractivity contribution is -0.142. The highest BCUT2D eigenvalue weighted by Crippen LogP contribution is 1.96.